The first kappa shape index (κ1) is 12.6. The minimum absolute atomic E-state index is 0.0490. The maximum absolute atomic E-state index is 11.4. The van der Waals surface area contributed by atoms with Crippen molar-refractivity contribution in [3.8, 4) is 0 Å². The fourth-order valence-corrected chi connectivity index (χ4v) is 1.25. The summed E-state index contributed by atoms with van der Waals surface area (Å²) < 4.78 is 9.82. The molecule has 6 heteroatoms. The number of rotatable bonds is 4. The molecule has 1 fully saturated rings. The summed E-state index contributed by atoms with van der Waals surface area (Å²) in [5.74, 6) is -3.48. The van der Waals surface area contributed by atoms with Crippen LogP contribution in [0.25, 0.3) is 0 Å². The normalized spacial score (nSPS) is 20.9. The Bertz CT molecular complexity index is 290. The van der Waals surface area contributed by atoms with Crippen molar-refractivity contribution >= 4 is 18.2 Å². The number of aliphatic hydroxyl groups excluding tert-OH is 1. The quantitative estimate of drug-likeness (QED) is 0.252. The Hall–Kier alpha value is -1.43. The molecule has 1 saturated heterocycles. The lowest BCUT2D eigenvalue weighted by Gasteiger charge is -2.30. The van der Waals surface area contributed by atoms with E-state index in [9.17, 15) is 9.59 Å². The first-order valence-corrected chi connectivity index (χ1v) is 5.09. The van der Waals surface area contributed by atoms with Crippen molar-refractivity contribution in [3.05, 3.63) is 0 Å². The van der Waals surface area contributed by atoms with Crippen LogP contribution in [0.2, 0.25) is 0 Å². The van der Waals surface area contributed by atoms with Gasteiger partial charge in [0.25, 0.3) is 5.79 Å². The number of esters is 2. The third kappa shape index (κ3) is 3.30. The van der Waals surface area contributed by atoms with Crippen LogP contribution in [0.3, 0.4) is 0 Å². The van der Waals surface area contributed by atoms with Crippen LogP contribution < -0.4 is 4.99 Å². The molecule has 0 spiro atoms. The Kier molecular flexibility index (Phi) is 4.00. The van der Waals surface area contributed by atoms with Crippen LogP contribution in [0.15, 0.2) is 0 Å². The molecule has 6 nitrogen and oxygen atoms in total. The first-order valence-electron chi connectivity index (χ1n) is 5.09. The fraction of sp³-hybridized carbons (Fsp3) is 0.700. The molecule has 0 atom stereocenters. The van der Waals surface area contributed by atoms with Crippen LogP contribution in [0.5, 0.6) is 0 Å². The van der Waals surface area contributed by atoms with E-state index in [0.29, 0.717) is 13.0 Å². The van der Waals surface area contributed by atoms with Gasteiger partial charge in [-0.15, -0.1) is 0 Å². The highest BCUT2D eigenvalue weighted by molar-refractivity contribution is 6.09. The van der Waals surface area contributed by atoms with Gasteiger partial charge in [-0.3, -0.25) is 14.6 Å². The Labute approximate surface area is 93.3 Å². The van der Waals surface area contributed by atoms with E-state index in [0.717, 1.165) is 0 Å². The van der Waals surface area contributed by atoms with Crippen LogP contribution in [0, 0.1) is 5.92 Å². The topological polar surface area (TPSA) is 86.8 Å². The van der Waals surface area contributed by atoms with Crippen molar-refractivity contribution in [2.75, 3.05) is 13.2 Å². The Morgan fingerprint density at radius 3 is 2.44 bits per heavy atom. The zero-order valence-corrected chi connectivity index (χ0v) is 9.36. The van der Waals surface area contributed by atoms with Gasteiger partial charge in [0.15, 0.2) is 6.21 Å². The molecule has 0 unspecified atom stereocenters. The van der Waals surface area contributed by atoms with Crippen molar-refractivity contribution in [2.24, 2.45) is 5.92 Å². The summed E-state index contributed by atoms with van der Waals surface area (Å²) in [5.41, 5.74) is 0. The van der Waals surface area contributed by atoms with Crippen molar-refractivity contribution in [1.82, 2.24) is 0 Å². The van der Waals surface area contributed by atoms with E-state index >= 15 is 0 Å². The zero-order chi connectivity index (χ0) is 12.2. The average Bonchev–Trinajstić information content (AvgIpc) is 2.13. The summed E-state index contributed by atoms with van der Waals surface area (Å²) in [7, 11) is 0. The average molecular weight is 230 g/mol. The van der Waals surface area contributed by atoms with Crippen LogP contribution in [0.1, 0.15) is 20.3 Å². The van der Waals surface area contributed by atoms with Gasteiger partial charge in [-0.25, -0.2) is 0 Å². The number of cyclic esters (lactones) is 2. The molecule has 0 amide bonds. The summed E-state index contributed by atoms with van der Waals surface area (Å²) in [6, 6.07) is 0. The molecule has 1 rings (SSSR count). The maximum atomic E-state index is 11.4. The highest BCUT2D eigenvalue weighted by Gasteiger charge is 2.43. The summed E-state index contributed by atoms with van der Waals surface area (Å²) >= 11 is 0. The van der Waals surface area contributed by atoms with E-state index in [4.69, 9.17) is 14.6 Å². The van der Waals surface area contributed by atoms with Crippen LogP contribution in [0.4, 0.5) is 0 Å². The van der Waals surface area contributed by atoms with Crippen molar-refractivity contribution in [2.45, 2.75) is 26.1 Å². The van der Waals surface area contributed by atoms with Crippen LogP contribution in [-0.2, 0) is 19.1 Å². The fourth-order valence-electron chi connectivity index (χ4n) is 1.25. The number of hydrogen-bond acceptors (Lipinski definition) is 5. The number of aliphatic hydroxyl groups is 1. The van der Waals surface area contributed by atoms with Gasteiger partial charge in [0, 0.05) is 26.9 Å². The van der Waals surface area contributed by atoms with Gasteiger partial charge in [-0.05, 0) is 0 Å². The van der Waals surface area contributed by atoms with Gasteiger partial charge in [0.1, 0.15) is 6.54 Å². The second kappa shape index (κ2) is 5.07. The van der Waals surface area contributed by atoms with E-state index in [1.54, 1.807) is 0 Å². The third-order valence-electron chi connectivity index (χ3n) is 1.96. The molecule has 16 heavy (non-hydrogen) atoms. The van der Waals surface area contributed by atoms with E-state index in [1.165, 1.54) is 20.1 Å². The van der Waals surface area contributed by atoms with Gasteiger partial charge in [0.2, 0.25) is 5.92 Å². The molecule has 0 aliphatic carbocycles. The standard InChI is InChI=1S/C10H15NO5/c1-10(2)15-8(13)7(9(14)16-10)6-11-4-3-5-12/h6-7,12H,3-5H2,1-2H3/p+1. The van der Waals surface area contributed by atoms with Crippen LogP contribution >= 0.6 is 0 Å². The van der Waals surface area contributed by atoms with Crippen molar-refractivity contribution in [1.29, 1.82) is 0 Å². The minimum atomic E-state index is -1.19. The van der Waals surface area contributed by atoms with Crippen molar-refractivity contribution in [3.63, 3.8) is 0 Å². The second-order valence-electron chi connectivity index (χ2n) is 3.92. The largest absolute Gasteiger partial charge is 0.422 e. The van der Waals surface area contributed by atoms with Gasteiger partial charge < -0.3 is 14.6 Å². The number of hydrogen-bond donors (Lipinski definition) is 2. The van der Waals surface area contributed by atoms with Gasteiger partial charge in [-0.2, -0.15) is 0 Å². The Morgan fingerprint density at radius 1 is 1.38 bits per heavy atom. The summed E-state index contributed by atoms with van der Waals surface area (Å²) in [6.07, 6.45) is 1.87. The smallest absolute Gasteiger partial charge is 0.333 e. The predicted octanol–water partition coefficient (Wildman–Crippen LogP) is -2.03. The second-order valence-corrected chi connectivity index (χ2v) is 3.92. The molecule has 1 heterocycles. The first-order chi connectivity index (χ1) is 7.46. The molecular weight excluding hydrogens is 214 g/mol. The monoisotopic (exact) mass is 230 g/mol. The maximum Gasteiger partial charge on any atom is 0.333 e. The number of nitrogens with one attached hydrogen (secondary N) is 1. The number of carbonyl (C=O) groups is 2. The summed E-state index contributed by atoms with van der Waals surface area (Å²) in [4.78, 5) is 25.6. The highest BCUT2D eigenvalue weighted by atomic mass is 16.7. The lowest BCUT2D eigenvalue weighted by Crippen LogP contribution is -2.71. The molecule has 1 aliphatic heterocycles. The van der Waals surface area contributed by atoms with E-state index in [2.05, 4.69) is 4.99 Å². The van der Waals surface area contributed by atoms with Gasteiger partial charge >= 0.3 is 11.9 Å². The highest BCUT2D eigenvalue weighted by Crippen LogP contribution is 2.21. The lowest BCUT2D eigenvalue weighted by molar-refractivity contribution is -0.455. The summed E-state index contributed by atoms with van der Waals surface area (Å²) in [5, 5.41) is 8.54. The van der Waals surface area contributed by atoms with Gasteiger partial charge in [0.05, 0.1) is 0 Å². The zero-order valence-electron chi connectivity index (χ0n) is 9.36. The molecule has 90 valence electrons. The van der Waals surface area contributed by atoms with E-state index in [-0.39, 0.29) is 6.61 Å². The molecule has 0 bridgehead atoms. The third-order valence-corrected chi connectivity index (χ3v) is 1.96. The van der Waals surface area contributed by atoms with Gasteiger partial charge in [-0.1, -0.05) is 0 Å². The predicted molar refractivity (Wildman–Crippen MR) is 53.3 cm³/mol. The molecular formula is C10H16NO5+. The van der Waals surface area contributed by atoms with E-state index < -0.39 is 23.6 Å². The number of carbonyl (C=O) groups excluding carboxylic acids is 2. The van der Waals surface area contributed by atoms with Crippen LogP contribution in [-0.4, -0.2) is 42.2 Å². The Balaban J connectivity index is 2.58. The van der Waals surface area contributed by atoms with Crippen molar-refractivity contribution < 1.29 is 29.2 Å². The van der Waals surface area contributed by atoms with E-state index in [1.807, 2.05) is 0 Å². The lowest BCUT2D eigenvalue weighted by atomic mass is 10.1. The molecule has 2 N–H and O–H groups in total. The molecule has 0 saturated carbocycles. The molecule has 0 aromatic carbocycles. The SMILES string of the molecule is CC1(C)OC(=O)C(C=[NH+]CCCO)C(=O)O1. The Morgan fingerprint density at radius 2 is 1.94 bits per heavy atom. The molecule has 0 aromatic rings. The number of ether oxygens (including phenoxy) is 2. The molecule has 1 aliphatic rings. The molecule has 0 radical (unpaired) electrons. The molecule has 0 aromatic heterocycles. The summed E-state index contributed by atoms with van der Waals surface area (Å²) in [6.45, 7) is 3.53. The minimum Gasteiger partial charge on any atom is -0.422 e.